The first-order valence-corrected chi connectivity index (χ1v) is 5.07. The molecule has 0 aliphatic carbocycles. The lowest BCUT2D eigenvalue weighted by Crippen LogP contribution is -2.28. The van der Waals surface area contributed by atoms with Crippen LogP contribution in [-0.4, -0.2) is 23.6 Å². The van der Waals surface area contributed by atoms with Gasteiger partial charge in [0.05, 0.1) is 6.42 Å². The van der Waals surface area contributed by atoms with Gasteiger partial charge in [0.25, 0.3) is 0 Å². The number of hydrogen-bond acceptors (Lipinski definition) is 2. The van der Waals surface area contributed by atoms with Gasteiger partial charge in [0.15, 0.2) is 0 Å². The molecule has 1 aromatic carbocycles. The molecule has 0 saturated carbocycles. The van der Waals surface area contributed by atoms with E-state index in [2.05, 4.69) is 0 Å². The van der Waals surface area contributed by atoms with Crippen LogP contribution in [0.2, 0.25) is 0 Å². The van der Waals surface area contributed by atoms with Crippen LogP contribution in [0.1, 0.15) is 18.9 Å². The molecule has 5 heteroatoms. The van der Waals surface area contributed by atoms with Crippen molar-refractivity contribution in [3.05, 3.63) is 35.4 Å². The highest BCUT2D eigenvalue weighted by atomic mass is 19.1. The summed E-state index contributed by atoms with van der Waals surface area (Å²) in [5.41, 5.74) is 0.0874. The molecule has 17 heavy (non-hydrogen) atoms. The molecule has 0 fully saturated rings. The quantitative estimate of drug-likeness (QED) is 0.755. The van der Waals surface area contributed by atoms with Crippen LogP contribution in [0.4, 0.5) is 8.78 Å². The van der Waals surface area contributed by atoms with Gasteiger partial charge in [-0.1, -0.05) is 0 Å². The van der Waals surface area contributed by atoms with Gasteiger partial charge < -0.3 is 4.90 Å². The summed E-state index contributed by atoms with van der Waals surface area (Å²) in [5.74, 6) is -1.81. The van der Waals surface area contributed by atoms with Crippen LogP contribution in [0.15, 0.2) is 18.2 Å². The van der Waals surface area contributed by atoms with E-state index in [1.807, 2.05) is 0 Å². The van der Waals surface area contributed by atoms with Crippen molar-refractivity contribution in [3.8, 4) is 0 Å². The van der Waals surface area contributed by atoms with Gasteiger partial charge >= 0.3 is 0 Å². The first-order chi connectivity index (χ1) is 7.90. The number of hydrogen-bond donors (Lipinski definition) is 0. The molecule has 0 aliphatic rings. The van der Waals surface area contributed by atoms with Gasteiger partial charge in [-0.2, -0.15) is 0 Å². The van der Waals surface area contributed by atoms with E-state index in [0.29, 0.717) is 0 Å². The Hall–Kier alpha value is -1.78. The number of nitrogens with zero attached hydrogens (tertiary/aromatic N) is 1. The third-order valence-electron chi connectivity index (χ3n) is 2.24. The van der Waals surface area contributed by atoms with Crippen LogP contribution in [0.5, 0.6) is 0 Å². The van der Waals surface area contributed by atoms with Gasteiger partial charge in [0.1, 0.15) is 17.4 Å². The van der Waals surface area contributed by atoms with Crippen molar-refractivity contribution >= 4 is 11.7 Å². The van der Waals surface area contributed by atoms with E-state index < -0.39 is 17.5 Å². The van der Waals surface area contributed by atoms with E-state index in [4.69, 9.17) is 0 Å². The van der Waals surface area contributed by atoms with Crippen LogP contribution >= 0.6 is 0 Å². The second-order valence-electron chi connectivity index (χ2n) is 3.86. The standard InChI is InChI=1S/C12H13F2NO2/c1-8(16)5-12(17)15(2)7-9-6-10(13)3-4-11(9)14/h3-4,6H,5,7H2,1-2H3. The lowest BCUT2D eigenvalue weighted by molar-refractivity contribution is -0.134. The summed E-state index contributed by atoms with van der Waals surface area (Å²) in [6.07, 6.45) is -0.229. The average Bonchev–Trinajstić information content (AvgIpc) is 2.22. The fourth-order valence-electron chi connectivity index (χ4n) is 1.36. The zero-order chi connectivity index (χ0) is 13.0. The summed E-state index contributed by atoms with van der Waals surface area (Å²) in [4.78, 5) is 23.4. The number of rotatable bonds is 4. The monoisotopic (exact) mass is 241 g/mol. The van der Waals surface area contributed by atoms with Gasteiger partial charge in [-0.15, -0.1) is 0 Å². The summed E-state index contributed by atoms with van der Waals surface area (Å²) in [6.45, 7) is 1.24. The fraction of sp³-hybridized carbons (Fsp3) is 0.333. The Labute approximate surface area is 98.0 Å². The second-order valence-corrected chi connectivity index (χ2v) is 3.86. The first kappa shape index (κ1) is 13.3. The molecule has 0 atom stereocenters. The predicted molar refractivity (Wildman–Crippen MR) is 58.1 cm³/mol. The molecule has 92 valence electrons. The van der Waals surface area contributed by atoms with Crippen LogP contribution in [0.25, 0.3) is 0 Å². The molecule has 0 heterocycles. The maximum absolute atomic E-state index is 13.3. The second kappa shape index (κ2) is 5.52. The normalized spacial score (nSPS) is 10.1. The first-order valence-electron chi connectivity index (χ1n) is 5.07. The number of Topliss-reactive ketones (excluding diaryl/α,β-unsaturated/α-hetero) is 1. The summed E-state index contributed by atoms with van der Waals surface area (Å²) in [6, 6.07) is 3.05. The number of amides is 1. The topological polar surface area (TPSA) is 37.4 Å². The fourth-order valence-corrected chi connectivity index (χ4v) is 1.36. The van der Waals surface area contributed by atoms with E-state index in [-0.39, 0.29) is 24.3 Å². The molecule has 0 bridgehead atoms. The van der Waals surface area contributed by atoms with Crippen molar-refractivity contribution < 1.29 is 18.4 Å². The minimum Gasteiger partial charge on any atom is -0.341 e. The molecule has 0 unspecified atom stereocenters. The van der Waals surface area contributed by atoms with Gasteiger partial charge in [-0.25, -0.2) is 8.78 Å². The summed E-state index contributed by atoms with van der Waals surface area (Å²) in [5, 5.41) is 0. The Morgan fingerprint density at radius 2 is 1.94 bits per heavy atom. The Balaban J connectivity index is 2.73. The Morgan fingerprint density at radius 3 is 2.53 bits per heavy atom. The zero-order valence-electron chi connectivity index (χ0n) is 9.67. The molecule has 0 N–H and O–H groups in total. The summed E-state index contributed by atoms with van der Waals surface area (Å²) < 4.78 is 26.2. The molecule has 1 amide bonds. The summed E-state index contributed by atoms with van der Waals surface area (Å²) >= 11 is 0. The molecule has 0 aliphatic heterocycles. The molecular weight excluding hydrogens is 228 g/mol. The Bertz CT molecular complexity index is 446. The third-order valence-corrected chi connectivity index (χ3v) is 2.24. The van der Waals surface area contributed by atoms with Crippen LogP contribution in [0, 0.1) is 11.6 Å². The lowest BCUT2D eigenvalue weighted by atomic mass is 10.2. The Kier molecular flexibility index (Phi) is 4.31. The van der Waals surface area contributed by atoms with Crippen LogP contribution in [0.3, 0.4) is 0 Å². The molecule has 0 spiro atoms. The van der Waals surface area contributed by atoms with Crippen molar-refractivity contribution in [2.45, 2.75) is 19.9 Å². The smallest absolute Gasteiger partial charge is 0.230 e. The van der Waals surface area contributed by atoms with Gasteiger partial charge in [-0.05, 0) is 25.1 Å². The SMILES string of the molecule is CC(=O)CC(=O)N(C)Cc1cc(F)ccc1F. The molecule has 3 nitrogen and oxygen atoms in total. The Morgan fingerprint density at radius 1 is 1.29 bits per heavy atom. The molecule has 1 aromatic rings. The van der Waals surface area contributed by atoms with E-state index in [9.17, 15) is 18.4 Å². The van der Waals surface area contributed by atoms with Crippen LogP contribution in [-0.2, 0) is 16.1 Å². The number of halogens is 2. The summed E-state index contributed by atoms with van der Waals surface area (Å²) in [7, 11) is 1.44. The number of ketones is 1. The molecule has 0 saturated heterocycles. The van der Waals surface area contributed by atoms with E-state index in [0.717, 1.165) is 18.2 Å². The molecule has 0 aromatic heterocycles. The maximum atomic E-state index is 13.3. The average molecular weight is 241 g/mol. The van der Waals surface area contributed by atoms with E-state index in [1.54, 1.807) is 0 Å². The molecule has 0 radical (unpaired) electrons. The lowest BCUT2D eigenvalue weighted by Gasteiger charge is -2.17. The van der Waals surface area contributed by atoms with Gasteiger partial charge in [0, 0.05) is 19.2 Å². The van der Waals surface area contributed by atoms with Crippen molar-refractivity contribution in [3.63, 3.8) is 0 Å². The predicted octanol–water partition coefficient (Wildman–Crippen LogP) is 1.90. The van der Waals surface area contributed by atoms with Crippen LogP contribution < -0.4 is 0 Å². The van der Waals surface area contributed by atoms with Crippen molar-refractivity contribution in [1.82, 2.24) is 4.90 Å². The largest absolute Gasteiger partial charge is 0.341 e. The highest BCUT2D eigenvalue weighted by Gasteiger charge is 2.13. The van der Waals surface area contributed by atoms with E-state index in [1.165, 1.54) is 18.9 Å². The van der Waals surface area contributed by atoms with Gasteiger partial charge in [-0.3, -0.25) is 9.59 Å². The minimum absolute atomic E-state index is 0.0598. The molecular formula is C12H13F2NO2. The van der Waals surface area contributed by atoms with Crippen molar-refractivity contribution in [2.24, 2.45) is 0 Å². The third kappa shape index (κ3) is 3.94. The van der Waals surface area contributed by atoms with Crippen molar-refractivity contribution in [1.29, 1.82) is 0 Å². The zero-order valence-corrected chi connectivity index (χ0v) is 9.67. The maximum Gasteiger partial charge on any atom is 0.230 e. The highest BCUT2D eigenvalue weighted by Crippen LogP contribution is 2.12. The van der Waals surface area contributed by atoms with Crippen molar-refractivity contribution in [2.75, 3.05) is 7.05 Å². The van der Waals surface area contributed by atoms with Gasteiger partial charge in [0.2, 0.25) is 5.91 Å². The minimum atomic E-state index is -0.575. The number of carbonyl (C=O) groups is 2. The van der Waals surface area contributed by atoms with E-state index >= 15 is 0 Å². The highest BCUT2D eigenvalue weighted by molar-refractivity contribution is 5.96. The number of carbonyl (C=O) groups excluding carboxylic acids is 2. The molecule has 1 rings (SSSR count). The number of benzene rings is 1.